The second-order valence-corrected chi connectivity index (χ2v) is 12.0. The number of fused-ring (bicyclic) bond motifs is 6. The molecule has 3 aromatic rings. The van der Waals surface area contributed by atoms with Crippen molar-refractivity contribution in [3.8, 4) is 17.2 Å². The standard InChI is InChI=1S/C33H40N2O6/c1-18-7-8-23-24-9-10-35-17-21-12-22(41-33(37)20-13-29(38-4)32(40-6)30(14-20)39-5)15-25(19(2)36)26(21)16-28(35)31(24)34(3)27(23)11-18/h7-8,11,13-14,21-22,25-26,28H,9-10,12,15-17H2,1-6H3/t21-,22-,25+,26+,28-/m1/s1. The van der Waals surface area contributed by atoms with E-state index in [-0.39, 0.29) is 23.7 Å². The van der Waals surface area contributed by atoms with Crippen LogP contribution in [0.5, 0.6) is 17.2 Å². The van der Waals surface area contributed by atoms with Crippen molar-refractivity contribution in [1.82, 2.24) is 9.47 Å². The summed E-state index contributed by atoms with van der Waals surface area (Å²) in [6.45, 7) is 5.77. The zero-order chi connectivity index (χ0) is 29.0. The third-order valence-electron chi connectivity index (χ3n) is 9.78. The molecule has 0 radical (unpaired) electrons. The van der Waals surface area contributed by atoms with Crippen LogP contribution in [0.4, 0.5) is 0 Å². The Morgan fingerprint density at radius 2 is 1.68 bits per heavy atom. The Morgan fingerprint density at radius 3 is 2.34 bits per heavy atom. The summed E-state index contributed by atoms with van der Waals surface area (Å²) in [7, 11) is 6.75. The Morgan fingerprint density at radius 1 is 0.951 bits per heavy atom. The number of hydrogen-bond acceptors (Lipinski definition) is 7. The van der Waals surface area contributed by atoms with Crippen LogP contribution >= 0.6 is 0 Å². The number of ether oxygens (including phenoxy) is 4. The van der Waals surface area contributed by atoms with Crippen molar-refractivity contribution in [3.63, 3.8) is 0 Å². The summed E-state index contributed by atoms with van der Waals surface area (Å²) in [6.07, 6.45) is 2.97. The SMILES string of the molecule is COc1cc(C(=O)O[C@@H]2C[C@@H]3CN4CCc5c(n(C)c6cc(C)ccc56)[C@H]4C[C@@H]3[C@H](C(C)=O)C2)cc(OC)c1OC. The van der Waals surface area contributed by atoms with Gasteiger partial charge in [0.25, 0.3) is 0 Å². The Bertz CT molecular complexity index is 1480. The average molecular weight is 561 g/mol. The molecular formula is C33H40N2O6. The molecular weight excluding hydrogens is 520 g/mol. The van der Waals surface area contributed by atoms with Gasteiger partial charge in [-0.05, 0) is 80.7 Å². The van der Waals surface area contributed by atoms with Crippen molar-refractivity contribution in [1.29, 1.82) is 0 Å². The molecule has 0 N–H and O–H groups in total. The molecule has 1 aromatic heterocycles. The van der Waals surface area contributed by atoms with Crippen molar-refractivity contribution in [3.05, 3.63) is 52.7 Å². The minimum Gasteiger partial charge on any atom is -0.493 e. The van der Waals surface area contributed by atoms with E-state index in [4.69, 9.17) is 18.9 Å². The first-order chi connectivity index (χ1) is 19.7. The predicted octanol–water partition coefficient (Wildman–Crippen LogP) is 5.27. The second kappa shape index (κ2) is 10.7. The topological polar surface area (TPSA) is 79.2 Å². The first-order valence-corrected chi connectivity index (χ1v) is 14.6. The lowest BCUT2D eigenvalue weighted by atomic mass is 9.64. The molecule has 1 aliphatic carbocycles. The molecule has 2 fully saturated rings. The van der Waals surface area contributed by atoms with Gasteiger partial charge < -0.3 is 23.5 Å². The van der Waals surface area contributed by atoms with E-state index in [0.717, 1.165) is 32.4 Å². The number of piperidine rings is 1. The number of esters is 1. The molecule has 0 spiro atoms. The van der Waals surface area contributed by atoms with Gasteiger partial charge in [0, 0.05) is 42.7 Å². The minimum absolute atomic E-state index is 0.129. The van der Waals surface area contributed by atoms with Crippen LogP contribution in [0.15, 0.2) is 30.3 Å². The number of nitrogens with zero attached hydrogens (tertiary/aromatic N) is 2. The van der Waals surface area contributed by atoms with Crippen LogP contribution in [-0.2, 0) is 23.0 Å². The summed E-state index contributed by atoms with van der Waals surface area (Å²) in [5, 5.41) is 1.36. The Labute approximate surface area is 241 Å². The Kier molecular flexibility index (Phi) is 7.22. The molecule has 2 aliphatic heterocycles. The van der Waals surface area contributed by atoms with E-state index in [1.165, 1.54) is 49.1 Å². The summed E-state index contributed by atoms with van der Waals surface area (Å²) in [6, 6.07) is 10.3. The van der Waals surface area contributed by atoms with Crippen molar-refractivity contribution >= 4 is 22.7 Å². The van der Waals surface area contributed by atoms with E-state index in [1.807, 2.05) is 0 Å². The van der Waals surface area contributed by atoms with Crippen LogP contribution in [0.3, 0.4) is 0 Å². The molecule has 1 saturated heterocycles. The van der Waals surface area contributed by atoms with Gasteiger partial charge in [0.1, 0.15) is 11.9 Å². The molecule has 0 unspecified atom stereocenters. The summed E-state index contributed by atoms with van der Waals surface area (Å²) < 4.78 is 24.7. The third-order valence-corrected chi connectivity index (χ3v) is 9.78. The summed E-state index contributed by atoms with van der Waals surface area (Å²) >= 11 is 0. The van der Waals surface area contributed by atoms with Gasteiger partial charge in [-0.3, -0.25) is 9.69 Å². The molecule has 8 nitrogen and oxygen atoms in total. The van der Waals surface area contributed by atoms with Crippen molar-refractivity contribution < 1.29 is 28.5 Å². The van der Waals surface area contributed by atoms with Crippen LogP contribution in [0, 0.1) is 24.7 Å². The zero-order valence-electron chi connectivity index (χ0n) is 24.9. The maximum Gasteiger partial charge on any atom is 0.338 e. The molecule has 3 aliphatic rings. The maximum atomic E-state index is 13.3. The number of benzene rings is 2. The summed E-state index contributed by atoms with van der Waals surface area (Å²) in [5.74, 6) is 1.40. The molecule has 0 amide bonds. The number of methoxy groups -OCH3 is 3. The fourth-order valence-corrected chi connectivity index (χ4v) is 7.90. The van der Waals surface area contributed by atoms with Crippen LogP contribution in [0.1, 0.15) is 59.4 Å². The number of Topliss-reactive ketones (excluding diaryl/α,β-unsaturated/α-hetero) is 1. The first kappa shape index (κ1) is 27.6. The monoisotopic (exact) mass is 560 g/mol. The van der Waals surface area contributed by atoms with Gasteiger partial charge in [-0.2, -0.15) is 0 Å². The number of aromatic nitrogens is 1. The fraction of sp³-hybridized carbons (Fsp3) is 0.515. The van der Waals surface area contributed by atoms with Gasteiger partial charge in [0.05, 0.1) is 32.9 Å². The molecule has 1 saturated carbocycles. The summed E-state index contributed by atoms with van der Waals surface area (Å²) in [4.78, 5) is 29.0. The van der Waals surface area contributed by atoms with Crippen molar-refractivity contribution in [2.45, 2.75) is 51.7 Å². The molecule has 6 rings (SSSR count). The molecule has 2 aromatic carbocycles. The van der Waals surface area contributed by atoms with Gasteiger partial charge in [-0.1, -0.05) is 12.1 Å². The predicted molar refractivity (Wildman–Crippen MR) is 156 cm³/mol. The molecule has 8 heteroatoms. The fourth-order valence-electron chi connectivity index (χ4n) is 7.90. The average Bonchev–Trinajstić information content (AvgIpc) is 3.25. The van der Waals surface area contributed by atoms with Crippen LogP contribution in [0.2, 0.25) is 0 Å². The smallest absolute Gasteiger partial charge is 0.338 e. The highest BCUT2D eigenvalue weighted by molar-refractivity contribution is 5.91. The highest BCUT2D eigenvalue weighted by atomic mass is 16.5. The van der Waals surface area contributed by atoms with E-state index >= 15 is 0 Å². The number of ketones is 1. The van der Waals surface area contributed by atoms with E-state index in [2.05, 4.69) is 41.6 Å². The maximum absolute atomic E-state index is 13.3. The van der Waals surface area contributed by atoms with Crippen molar-refractivity contribution in [2.75, 3.05) is 34.4 Å². The lowest BCUT2D eigenvalue weighted by Crippen LogP contribution is -2.52. The molecule has 0 bridgehead atoms. The Hall–Kier alpha value is -3.52. The molecule has 218 valence electrons. The van der Waals surface area contributed by atoms with Crippen LogP contribution in [0.25, 0.3) is 10.9 Å². The second-order valence-electron chi connectivity index (χ2n) is 12.0. The minimum atomic E-state index is -0.447. The molecule has 41 heavy (non-hydrogen) atoms. The van der Waals surface area contributed by atoms with Gasteiger partial charge >= 0.3 is 5.97 Å². The van der Waals surface area contributed by atoms with Gasteiger partial charge in [0.2, 0.25) is 5.75 Å². The van der Waals surface area contributed by atoms with Crippen molar-refractivity contribution in [2.24, 2.45) is 24.8 Å². The first-order valence-electron chi connectivity index (χ1n) is 14.6. The zero-order valence-corrected chi connectivity index (χ0v) is 24.9. The highest BCUT2D eigenvalue weighted by Crippen LogP contribution is 2.50. The van der Waals surface area contributed by atoms with E-state index < -0.39 is 5.97 Å². The number of aryl methyl sites for hydroxylation is 2. The molecule has 3 heterocycles. The van der Waals surface area contributed by atoms with Gasteiger partial charge in [-0.25, -0.2) is 4.79 Å². The van der Waals surface area contributed by atoms with E-state index in [9.17, 15) is 9.59 Å². The largest absolute Gasteiger partial charge is 0.493 e. The third kappa shape index (κ3) is 4.66. The Balaban J connectivity index is 1.24. The number of hydrogen-bond donors (Lipinski definition) is 0. The number of carbonyl (C=O) groups excluding carboxylic acids is 2. The van der Waals surface area contributed by atoms with E-state index in [1.54, 1.807) is 19.1 Å². The highest BCUT2D eigenvalue weighted by Gasteiger charge is 2.48. The quantitative estimate of drug-likeness (QED) is 0.380. The molecule has 5 atom stereocenters. The van der Waals surface area contributed by atoms with E-state index in [0.29, 0.717) is 41.2 Å². The van der Waals surface area contributed by atoms with Crippen LogP contribution in [-0.4, -0.2) is 61.7 Å². The van der Waals surface area contributed by atoms with Gasteiger partial charge in [0.15, 0.2) is 11.5 Å². The number of carbonyl (C=O) groups is 2. The van der Waals surface area contributed by atoms with Gasteiger partial charge in [-0.15, -0.1) is 0 Å². The normalized spacial score (nSPS) is 25.6. The number of rotatable bonds is 6. The summed E-state index contributed by atoms with van der Waals surface area (Å²) in [5.41, 5.74) is 5.78. The lowest BCUT2D eigenvalue weighted by molar-refractivity contribution is -0.130. The lowest BCUT2D eigenvalue weighted by Gasteiger charge is -2.51. The van der Waals surface area contributed by atoms with Crippen LogP contribution < -0.4 is 14.2 Å².